The summed E-state index contributed by atoms with van der Waals surface area (Å²) in [5.41, 5.74) is 1.34. The second-order valence-corrected chi connectivity index (χ2v) is 3.58. The average molecular weight is 177 g/mol. The molecule has 2 heterocycles. The van der Waals surface area contributed by atoms with E-state index in [1.54, 1.807) is 0 Å². The van der Waals surface area contributed by atoms with Gasteiger partial charge in [-0.2, -0.15) is 0 Å². The highest BCUT2D eigenvalue weighted by Crippen LogP contribution is 2.07. The van der Waals surface area contributed by atoms with Gasteiger partial charge in [-0.05, 0) is 24.7 Å². The standard InChI is InChI=1S/C10H15N3/c1-13(10-6-12-7-10)8-9-2-4-11-5-3-9/h2-5,10,12H,6-8H2,1H3. The Hall–Kier alpha value is -0.930. The third-order valence-electron chi connectivity index (χ3n) is 2.56. The minimum Gasteiger partial charge on any atom is -0.314 e. The van der Waals surface area contributed by atoms with E-state index in [9.17, 15) is 0 Å². The molecule has 0 saturated carbocycles. The predicted molar refractivity (Wildman–Crippen MR) is 52.4 cm³/mol. The van der Waals surface area contributed by atoms with E-state index in [1.807, 2.05) is 12.4 Å². The fourth-order valence-corrected chi connectivity index (χ4v) is 1.49. The van der Waals surface area contributed by atoms with Gasteiger partial charge in [0.05, 0.1) is 0 Å². The highest BCUT2D eigenvalue weighted by Gasteiger charge is 2.20. The topological polar surface area (TPSA) is 28.2 Å². The molecule has 1 aromatic rings. The minimum atomic E-state index is 0.716. The summed E-state index contributed by atoms with van der Waals surface area (Å²) in [5, 5.41) is 3.27. The van der Waals surface area contributed by atoms with Crippen LogP contribution < -0.4 is 5.32 Å². The molecule has 13 heavy (non-hydrogen) atoms. The molecule has 1 aliphatic heterocycles. The van der Waals surface area contributed by atoms with Crippen LogP contribution in [0.25, 0.3) is 0 Å². The quantitative estimate of drug-likeness (QED) is 0.728. The molecule has 70 valence electrons. The molecule has 3 nitrogen and oxygen atoms in total. The highest BCUT2D eigenvalue weighted by molar-refractivity contribution is 5.09. The van der Waals surface area contributed by atoms with Crippen LogP contribution >= 0.6 is 0 Å². The normalized spacial score (nSPS) is 17.4. The Morgan fingerprint density at radius 1 is 1.46 bits per heavy atom. The first kappa shape index (κ1) is 8.66. The Kier molecular flexibility index (Phi) is 2.57. The van der Waals surface area contributed by atoms with Crippen molar-refractivity contribution in [3.63, 3.8) is 0 Å². The third kappa shape index (κ3) is 2.05. The molecule has 0 bridgehead atoms. The smallest absolute Gasteiger partial charge is 0.0345 e. The maximum Gasteiger partial charge on any atom is 0.0345 e. The molecule has 0 spiro atoms. The molecule has 0 amide bonds. The molecule has 0 unspecified atom stereocenters. The van der Waals surface area contributed by atoms with E-state index < -0.39 is 0 Å². The SMILES string of the molecule is CN(Cc1ccncc1)C1CNC1. The van der Waals surface area contributed by atoms with Crippen molar-refractivity contribution >= 4 is 0 Å². The molecule has 0 atom stereocenters. The monoisotopic (exact) mass is 177 g/mol. The van der Waals surface area contributed by atoms with Crippen LogP contribution in [0.2, 0.25) is 0 Å². The van der Waals surface area contributed by atoms with Gasteiger partial charge >= 0.3 is 0 Å². The van der Waals surface area contributed by atoms with Crippen LogP contribution in [0.1, 0.15) is 5.56 Å². The van der Waals surface area contributed by atoms with Crippen molar-refractivity contribution in [3.05, 3.63) is 30.1 Å². The van der Waals surface area contributed by atoms with Gasteiger partial charge in [-0.15, -0.1) is 0 Å². The van der Waals surface area contributed by atoms with Gasteiger partial charge in [0.2, 0.25) is 0 Å². The van der Waals surface area contributed by atoms with Crippen molar-refractivity contribution in [2.45, 2.75) is 12.6 Å². The Balaban J connectivity index is 1.90. The molecular weight excluding hydrogens is 162 g/mol. The van der Waals surface area contributed by atoms with Crippen LogP contribution in [-0.2, 0) is 6.54 Å². The number of hydrogen-bond donors (Lipinski definition) is 1. The van der Waals surface area contributed by atoms with E-state index in [0.29, 0.717) is 6.04 Å². The molecule has 1 fully saturated rings. The Morgan fingerprint density at radius 2 is 2.15 bits per heavy atom. The number of rotatable bonds is 3. The molecular formula is C10H15N3. The second-order valence-electron chi connectivity index (χ2n) is 3.58. The van der Waals surface area contributed by atoms with E-state index >= 15 is 0 Å². The first-order valence-corrected chi connectivity index (χ1v) is 4.66. The minimum absolute atomic E-state index is 0.716. The summed E-state index contributed by atoms with van der Waals surface area (Å²) in [7, 11) is 2.17. The lowest BCUT2D eigenvalue weighted by atomic mass is 10.1. The van der Waals surface area contributed by atoms with Gasteiger partial charge < -0.3 is 5.32 Å². The summed E-state index contributed by atoms with van der Waals surface area (Å²) in [6.07, 6.45) is 3.70. The van der Waals surface area contributed by atoms with Crippen LogP contribution in [0.4, 0.5) is 0 Å². The van der Waals surface area contributed by atoms with E-state index in [0.717, 1.165) is 19.6 Å². The number of aromatic nitrogens is 1. The zero-order valence-corrected chi connectivity index (χ0v) is 7.90. The van der Waals surface area contributed by atoms with Crippen molar-refractivity contribution < 1.29 is 0 Å². The van der Waals surface area contributed by atoms with Gasteiger partial charge in [-0.25, -0.2) is 0 Å². The summed E-state index contributed by atoms with van der Waals surface area (Å²) in [6.45, 7) is 3.28. The molecule has 3 heteroatoms. The summed E-state index contributed by atoms with van der Waals surface area (Å²) in [4.78, 5) is 6.38. The first-order chi connectivity index (χ1) is 6.36. The zero-order valence-electron chi connectivity index (χ0n) is 7.90. The molecule has 0 radical (unpaired) electrons. The molecule has 1 aromatic heterocycles. The van der Waals surface area contributed by atoms with Gasteiger partial charge in [-0.1, -0.05) is 0 Å². The maximum absolute atomic E-state index is 4.00. The van der Waals surface area contributed by atoms with Gasteiger partial charge in [0.15, 0.2) is 0 Å². The fraction of sp³-hybridized carbons (Fsp3) is 0.500. The molecule has 0 aromatic carbocycles. The van der Waals surface area contributed by atoms with Gasteiger partial charge in [0.25, 0.3) is 0 Å². The largest absolute Gasteiger partial charge is 0.314 e. The van der Waals surface area contributed by atoms with Crippen molar-refractivity contribution in [2.75, 3.05) is 20.1 Å². The van der Waals surface area contributed by atoms with Crippen molar-refractivity contribution in [3.8, 4) is 0 Å². The molecule has 1 saturated heterocycles. The fourth-order valence-electron chi connectivity index (χ4n) is 1.49. The summed E-state index contributed by atoms with van der Waals surface area (Å²) in [6, 6.07) is 4.86. The van der Waals surface area contributed by atoms with Crippen LogP contribution in [0.5, 0.6) is 0 Å². The number of hydrogen-bond acceptors (Lipinski definition) is 3. The number of nitrogens with one attached hydrogen (secondary N) is 1. The maximum atomic E-state index is 4.00. The van der Waals surface area contributed by atoms with E-state index in [2.05, 4.69) is 34.4 Å². The number of likely N-dealkylation sites (N-methyl/N-ethyl adjacent to an activating group) is 1. The average Bonchev–Trinajstić information content (AvgIpc) is 2.02. The van der Waals surface area contributed by atoms with E-state index in [1.165, 1.54) is 5.56 Å². The van der Waals surface area contributed by atoms with Crippen LogP contribution in [0, 0.1) is 0 Å². The third-order valence-corrected chi connectivity index (χ3v) is 2.56. The van der Waals surface area contributed by atoms with E-state index in [-0.39, 0.29) is 0 Å². The second kappa shape index (κ2) is 3.85. The lowest BCUT2D eigenvalue weighted by molar-refractivity contribution is 0.173. The Labute approximate surface area is 78.8 Å². The van der Waals surface area contributed by atoms with Crippen LogP contribution in [0.3, 0.4) is 0 Å². The Bertz CT molecular complexity index is 256. The highest BCUT2D eigenvalue weighted by atomic mass is 15.2. The summed E-state index contributed by atoms with van der Waals surface area (Å²) in [5.74, 6) is 0. The number of pyridine rings is 1. The lowest BCUT2D eigenvalue weighted by Gasteiger charge is -2.35. The van der Waals surface area contributed by atoms with Crippen molar-refractivity contribution in [1.29, 1.82) is 0 Å². The van der Waals surface area contributed by atoms with Crippen LogP contribution in [0.15, 0.2) is 24.5 Å². The molecule has 1 aliphatic rings. The molecule has 2 rings (SSSR count). The van der Waals surface area contributed by atoms with Crippen LogP contribution in [-0.4, -0.2) is 36.1 Å². The van der Waals surface area contributed by atoms with Gasteiger partial charge in [0.1, 0.15) is 0 Å². The van der Waals surface area contributed by atoms with Crippen molar-refractivity contribution in [2.24, 2.45) is 0 Å². The zero-order chi connectivity index (χ0) is 9.10. The summed E-state index contributed by atoms with van der Waals surface area (Å²) >= 11 is 0. The summed E-state index contributed by atoms with van der Waals surface area (Å²) < 4.78 is 0. The Morgan fingerprint density at radius 3 is 2.69 bits per heavy atom. The van der Waals surface area contributed by atoms with Gasteiger partial charge in [0, 0.05) is 38.1 Å². The van der Waals surface area contributed by atoms with Crippen molar-refractivity contribution in [1.82, 2.24) is 15.2 Å². The predicted octanol–water partition coefficient (Wildman–Crippen LogP) is 0.485. The van der Waals surface area contributed by atoms with E-state index in [4.69, 9.17) is 0 Å². The van der Waals surface area contributed by atoms with Gasteiger partial charge in [-0.3, -0.25) is 9.88 Å². The lowest BCUT2D eigenvalue weighted by Crippen LogP contribution is -2.55. The molecule has 0 aliphatic carbocycles. The molecule has 1 N–H and O–H groups in total. The number of nitrogens with zero attached hydrogens (tertiary/aromatic N) is 2. The first-order valence-electron chi connectivity index (χ1n) is 4.66.